The van der Waals surface area contributed by atoms with E-state index in [1.807, 2.05) is 38.1 Å². The maximum atomic E-state index is 12.0. The van der Waals surface area contributed by atoms with Crippen molar-refractivity contribution in [1.82, 2.24) is 5.32 Å². The number of fused-ring (bicyclic) bond motifs is 4. The van der Waals surface area contributed by atoms with Gasteiger partial charge in [-0.2, -0.15) is 0 Å². The van der Waals surface area contributed by atoms with Gasteiger partial charge >= 0.3 is 5.97 Å². The number of methoxy groups -OCH3 is 1. The van der Waals surface area contributed by atoms with Crippen molar-refractivity contribution in [2.45, 2.75) is 31.9 Å². The molecule has 1 aromatic carbocycles. The molecule has 2 heterocycles. The number of para-hydroxylation sites is 1. The smallest absolute Gasteiger partial charge is 0.336 e. The van der Waals surface area contributed by atoms with Crippen LogP contribution in [-0.4, -0.2) is 18.8 Å². The van der Waals surface area contributed by atoms with Crippen molar-refractivity contribution in [3.8, 4) is 5.75 Å². The lowest BCUT2D eigenvalue weighted by atomic mass is 9.78. The van der Waals surface area contributed by atoms with Gasteiger partial charge in [0.1, 0.15) is 5.75 Å². The fourth-order valence-electron chi connectivity index (χ4n) is 3.11. The summed E-state index contributed by atoms with van der Waals surface area (Å²) in [5.41, 5.74) is 2.14. The molecule has 0 aromatic heterocycles. The van der Waals surface area contributed by atoms with E-state index >= 15 is 0 Å². The summed E-state index contributed by atoms with van der Waals surface area (Å²) in [6.45, 7) is 3.90. The average Bonchev–Trinajstić information content (AvgIpc) is 2.37. The lowest BCUT2D eigenvalue weighted by Crippen LogP contribution is -2.54. The molecule has 3 rings (SSSR count). The molecular weight excluding hydrogens is 242 g/mol. The van der Waals surface area contributed by atoms with Gasteiger partial charge in [0, 0.05) is 23.6 Å². The highest BCUT2D eigenvalue weighted by atomic mass is 16.5. The predicted octanol–water partition coefficient (Wildman–Crippen LogP) is 2.32. The van der Waals surface area contributed by atoms with Crippen LogP contribution in [0.3, 0.4) is 0 Å². The van der Waals surface area contributed by atoms with Crippen LogP contribution >= 0.6 is 0 Å². The largest absolute Gasteiger partial charge is 0.468 e. The molecule has 1 aromatic rings. The molecule has 4 heteroatoms. The number of allylic oxidation sites excluding steroid dienone is 1. The second kappa shape index (κ2) is 4.02. The summed E-state index contributed by atoms with van der Waals surface area (Å²) >= 11 is 0. The zero-order valence-corrected chi connectivity index (χ0v) is 11.3. The summed E-state index contributed by atoms with van der Waals surface area (Å²) in [6.07, 6.45) is 0.728. The van der Waals surface area contributed by atoms with E-state index in [1.165, 1.54) is 7.11 Å². The molecule has 0 spiro atoms. The monoisotopic (exact) mass is 259 g/mol. The van der Waals surface area contributed by atoms with E-state index in [4.69, 9.17) is 9.47 Å². The number of rotatable bonds is 1. The number of carbonyl (C=O) groups is 1. The molecule has 4 nitrogen and oxygen atoms in total. The Kier molecular flexibility index (Phi) is 2.55. The van der Waals surface area contributed by atoms with Gasteiger partial charge in [-0.3, -0.25) is 0 Å². The minimum absolute atomic E-state index is 0.0312. The first kappa shape index (κ1) is 12.1. The van der Waals surface area contributed by atoms with E-state index < -0.39 is 5.72 Å². The van der Waals surface area contributed by atoms with Gasteiger partial charge in [-0.25, -0.2) is 4.79 Å². The Morgan fingerprint density at radius 3 is 2.95 bits per heavy atom. The quantitative estimate of drug-likeness (QED) is 0.786. The maximum Gasteiger partial charge on any atom is 0.336 e. The molecular formula is C15H17NO3. The first-order valence-corrected chi connectivity index (χ1v) is 6.39. The summed E-state index contributed by atoms with van der Waals surface area (Å²) in [7, 11) is 1.42. The fraction of sp³-hybridized carbons (Fsp3) is 0.400. The van der Waals surface area contributed by atoms with Crippen LogP contribution in [0.15, 0.2) is 35.5 Å². The molecule has 0 saturated carbocycles. The SMILES string of the molecule is COC(=O)C1=C(C)NC2(C)CC1c1ccccc1O2. The van der Waals surface area contributed by atoms with Gasteiger partial charge in [0.15, 0.2) is 5.72 Å². The Bertz CT molecular complexity index is 579. The normalized spacial score (nSPS) is 28.1. The van der Waals surface area contributed by atoms with Gasteiger partial charge in [0.05, 0.1) is 12.7 Å². The highest BCUT2D eigenvalue weighted by Crippen LogP contribution is 2.47. The molecule has 0 radical (unpaired) electrons. The third kappa shape index (κ3) is 1.79. The number of hydrogen-bond donors (Lipinski definition) is 1. The fourth-order valence-corrected chi connectivity index (χ4v) is 3.11. The summed E-state index contributed by atoms with van der Waals surface area (Å²) in [4.78, 5) is 12.0. The van der Waals surface area contributed by atoms with Crippen molar-refractivity contribution in [2.24, 2.45) is 0 Å². The van der Waals surface area contributed by atoms with Crippen LogP contribution in [0.5, 0.6) is 5.75 Å². The molecule has 100 valence electrons. The van der Waals surface area contributed by atoms with Gasteiger partial charge < -0.3 is 14.8 Å². The highest BCUT2D eigenvalue weighted by molar-refractivity contribution is 5.91. The molecule has 2 aliphatic rings. The van der Waals surface area contributed by atoms with Gasteiger partial charge in [-0.15, -0.1) is 0 Å². The second-order valence-corrected chi connectivity index (χ2v) is 5.28. The molecule has 2 bridgehead atoms. The van der Waals surface area contributed by atoms with Crippen LogP contribution in [0.25, 0.3) is 0 Å². The molecule has 2 atom stereocenters. The summed E-state index contributed by atoms with van der Waals surface area (Å²) < 4.78 is 10.9. The van der Waals surface area contributed by atoms with Crippen molar-refractivity contribution in [3.63, 3.8) is 0 Å². The van der Waals surface area contributed by atoms with Crippen molar-refractivity contribution in [1.29, 1.82) is 0 Å². The van der Waals surface area contributed by atoms with Crippen LogP contribution in [0.2, 0.25) is 0 Å². The Labute approximate surface area is 112 Å². The molecule has 2 unspecified atom stereocenters. The van der Waals surface area contributed by atoms with Crippen molar-refractivity contribution in [2.75, 3.05) is 7.11 Å². The Hall–Kier alpha value is -1.97. The molecule has 0 aliphatic carbocycles. The third-order valence-corrected chi connectivity index (χ3v) is 3.83. The predicted molar refractivity (Wildman–Crippen MR) is 70.7 cm³/mol. The van der Waals surface area contributed by atoms with E-state index in [0.29, 0.717) is 5.57 Å². The lowest BCUT2D eigenvalue weighted by molar-refractivity contribution is -0.137. The van der Waals surface area contributed by atoms with Crippen LogP contribution < -0.4 is 10.1 Å². The number of carbonyl (C=O) groups excluding carboxylic acids is 1. The molecule has 19 heavy (non-hydrogen) atoms. The van der Waals surface area contributed by atoms with Crippen LogP contribution in [-0.2, 0) is 9.53 Å². The molecule has 1 N–H and O–H groups in total. The van der Waals surface area contributed by atoms with Gasteiger partial charge in [0.2, 0.25) is 0 Å². The zero-order valence-electron chi connectivity index (χ0n) is 11.3. The van der Waals surface area contributed by atoms with Crippen LogP contribution in [0.1, 0.15) is 31.7 Å². The first-order chi connectivity index (χ1) is 9.04. The Morgan fingerprint density at radius 2 is 2.21 bits per heavy atom. The second-order valence-electron chi connectivity index (χ2n) is 5.28. The number of hydrogen-bond acceptors (Lipinski definition) is 4. The van der Waals surface area contributed by atoms with Gasteiger partial charge in [0.25, 0.3) is 0 Å². The van der Waals surface area contributed by atoms with Crippen molar-refractivity contribution < 1.29 is 14.3 Å². The van der Waals surface area contributed by atoms with Gasteiger partial charge in [-0.1, -0.05) is 18.2 Å². The topological polar surface area (TPSA) is 47.6 Å². The lowest BCUT2D eigenvalue weighted by Gasteiger charge is -2.45. The minimum atomic E-state index is -0.458. The van der Waals surface area contributed by atoms with Crippen LogP contribution in [0.4, 0.5) is 0 Å². The summed E-state index contributed by atoms with van der Waals surface area (Å²) in [5.74, 6) is 0.597. The molecule has 0 saturated heterocycles. The van der Waals surface area contributed by atoms with E-state index in [9.17, 15) is 4.79 Å². The Morgan fingerprint density at radius 1 is 1.47 bits per heavy atom. The number of nitrogens with one attached hydrogen (secondary N) is 1. The zero-order chi connectivity index (χ0) is 13.6. The number of ether oxygens (including phenoxy) is 2. The maximum absolute atomic E-state index is 12.0. The molecule has 2 aliphatic heterocycles. The number of esters is 1. The van der Waals surface area contributed by atoms with E-state index in [1.54, 1.807) is 0 Å². The number of benzene rings is 1. The third-order valence-electron chi connectivity index (χ3n) is 3.83. The standard InChI is InChI=1S/C15H17NO3/c1-9-13(14(17)18-3)11-8-15(2,16-9)19-12-7-5-4-6-10(11)12/h4-7,11,16H,8H2,1-3H3. The van der Waals surface area contributed by atoms with E-state index in [-0.39, 0.29) is 11.9 Å². The molecule has 0 amide bonds. The Balaban J connectivity index is 2.17. The molecule has 0 fully saturated rings. The van der Waals surface area contributed by atoms with E-state index in [2.05, 4.69) is 5.32 Å². The van der Waals surface area contributed by atoms with E-state index in [0.717, 1.165) is 23.4 Å². The van der Waals surface area contributed by atoms with Gasteiger partial charge in [-0.05, 0) is 19.9 Å². The van der Waals surface area contributed by atoms with Crippen LogP contribution in [0, 0.1) is 0 Å². The summed E-state index contributed by atoms with van der Waals surface area (Å²) in [6, 6.07) is 7.87. The van der Waals surface area contributed by atoms with Crippen molar-refractivity contribution in [3.05, 3.63) is 41.1 Å². The highest BCUT2D eigenvalue weighted by Gasteiger charge is 2.45. The average molecular weight is 259 g/mol. The minimum Gasteiger partial charge on any atom is -0.468 e. The summed E-state index contributed by atoms with van der Waals surface area (Å²) in [5, 5.41) is 3.29. The van der Waals surface area contributed by atoms with Crippen molar-refractivity contribution >= 4 is 5.97 Å². The first-order valence-electron chi connectivity index (χ1n) is 6.39.